The van der Waals surface area contributed by atoms with Gasteiger partial charge in [0.05, 0.1) is 0 Å². The van der Waals surface area contributed by atoms with E-state index in [9.17, 15) is 0 Å². The van der Waals surface area contributed by atoms with Gasteiger partial charge in [-0.1, -0.05) is 27.2 Å². The Morgan fingerprint density at radius 2 is 2.09 bits per heavy atom. The Morgan fingerprint density at radius 3 is 2.45 bits per heavy atom. The Kier molecular flexibility index (Phi) is 2.94. The molecule has 66 valence electrons. The summed E-state index contributed by atoms with van der Waals surface area (Å²) in [6.45, 7) is 10.5. The molecule has 0 saturated carbocycles. The van der Waals surface area contributed by atoms with Crippen LogP contribution in [0.4, 0.5) is 0 Å². The Hall–Kier alpha value is -0.0400. The molecule has 0 aromatic heterocycles. The van der Waals surface area contributed by atoms with Gasteiger partial charge in [0.1, 0.15) is 0 Å². The van der Waals surface area contributed by atoms with Crippen LogP contribution in [-0.4, -0.2) is 12.6 Å². The molecule has 1 rings (SSSR count). The van der Waals surface area contributed by atoms with E-state index in [1.165, 1.54) is 13.0 Å². The molecule has 1 aliphatic rings. The van der Waals surface area contributed by atoms with Crippen LogP contribution in [0.15, 0.2) is 0 Å². The van der Waals surface area contributed by atoms with Crippen LogP contribution in [0.2, 0.25) is 0 Å². The molecule has 1 fully saturated rings. The van der Waals surface area contributed by atoms with Crippen molar-refractivity contribution in [3.8, 4) is 0 Å². The number of hydrogen-bond acceptors (Lipinski definition) is 1. The molecular formula is C10H21N. The molecule has 0 amide bonds. The van der Waals surface area contributed by atoms with Gasteiger partial charge in [-0.05, 0) is 31.2 Å². The Morgan fingerprint density at radius 1 is 1.45 bits per heavy atom. The summed E-state index contributed by atoms with van der Waals surface area (Å²) < 4.78 is 0. The first-order valence-corrected chi connectivity index (χ1v) is 4.90. The quantitative estimate of drug-likeness (QED) is 0.645. The van der Waals surface area contributed by atoms with Gasteiger partial charge < -0.3 is 5.32 Å². The van der Waals surface area contributed by atoms with Gasteiger partial charge in [0.15, 0.2) is 0 Å². The fourth-order valence-electron chi connectivity index (χ4n) is 2.38. The van der Waals surface area contributed by atoms with Crippen LogP contribution in [0.3, 0.4) is 0 Å². The maximum Gasteiger partial charge on any atom is 0.00702 e. The van der Waals surface area contributed by atoms with E-state index >= 15 is 0 Å². The van der Waals surface area contributed by atoms with Crippen molar-refractivity contribution in [1.82, 2.24) is 5.32 Å². The zero-order valence-electron chi connectivity index (χ0n) is 8.22. The first-order chi connectivity index (χ1) is 5.16. The molecule has 0 aromatic rings. The van der Waals surface area contributed by atoms with Crippen molar-refractivity contribution in [1.29, 1.82) is 0 Å². The van der Waals surface area contributed by atoms with E-state index in [1.807, 2.05) is 0 Å². The van der Waals surface area contributed by atoms with E-state index in [0.717, 1.165) is 23.8 Å². The van der Waals surface area contributed by atoms with E-state index in [0.29, 0.717) is 0 Å². The van der Waals surface area contributed by atoms with E-state index in [2.05, 4.69) is 33.0 Å². The Labute approximate surface area is 70.6 Å². The number of rotatable bonds is 2. The van der Waals surface area contributed by atoms with Crippen LogP contribution < -0.4 is 5.32 Å². The van der Waals surface area contributed by atoms with Gasteiger partial charge in [-0.25, -0.2) is 0 Å². The summed E-state index contributed by atoms with van der Waals surface area (Å²) in [5.41, 5.74) is 0. The Bertz CT molecular complexity index is 120. The minimum atomic E-state index is 0.743. The molecule has 0 aliphatic carbocycles. The van der Waals surface area contributed by atoms with Crippen LogP contribution in [-0.2, 0) is 0 Å². The Balaban J connectivity index is 2.54. The van der Waals surface area contributed by atoms with Gasteiger partial charge in [-0.15, -0.1) is 0 Å². The van der Waals surface area contributed by atoms with E-state index < -0.39 is 0 Å². The van der Waals surface area contributed by atoms with Crippen molar-refractivity contribution >= 4 is 0 Å². The highest BCUT2D eigenvalue weighted by atomic mass is 15.0. The van der Waals surface area contributed by atoms with Gasteiger partial charge in [0, 0.05) is 6.04 Å². The third kappa shape index (κ3) is 1.76. The molecule has 3 atom stereocenters. The summed E-state index contributed by atoms with van der Waals surface area (Å²) in [6, 6.07) is 0.743. The summed E-state index contributed by atoms with van der Waals surface area (Å²) in [5, 5.41) is 3.55. The van der Waals surface area contributed by atoms with Gasteiger partial charge in [0.25, 0.3) is 0 Å². The lowest BCUT2D eigenvalue weighted by molar-refractivity contribution is 0.289. The predicted molar refractivity (Wildman–Crippen MR) is 49.6 cm³/mol. The number of hydrogen-bond donors (Lipinski definition) is 1. The standard InChI is InChI=1S/C10H21N/c1-5-9-8(4)11-6-10(9)7(2)3/h7-11H,5-6H2,1-4H3/t8-,9+,10-/m1/s1. The van der Waals surface area contributed by atoms with E-state index in [-0.39, 0.29) is 0 Å². The number of nitrogens with one attached hydrogen (secondary N) is 1. The van der Waals surface area contributed by atoms with Crippen molar-refractivity contribution in [3.63, 3.8) is 0 Å². The van der Waals surface area contributed by atoms with Crippen LogP contribution >= 0.6 is 0 Å². The smallest absolute Gasteiger partial charge is 0.00702 e. The molecule has 0 bridgehead atoms. The lowest BCUT2D eigenvalue weighted by Crippen LogP contribution is -2.23. The van der Waals surface area contributed by atoms with Crippen molar-refractivity contribution in [2.45, 2.75) is 40.2 Å². The average Bonchev–Trinajstić information content (AvgIpc) is 2.30. The SMILES string of the molecule is CC[C@@H]1[C@@H](C(C)C)CN[C@@H]1C. The average molecular weight is 155 g/mol. The molecule has 0 radical (unpaired) electrons. The highest BCUT2D eigenvalue weighted by molar-refractivity contribution is 4.88. The lowest BCUT2D eigenvalue weighted by Gasteiger charge is -2.22. The van der Waals surface area contributed by atoms with Crippen molar-refractivity contribution in [2.75, 3.05) is 6.54 Å². The summed E-state index contributed by atoms with van der Waals surface area (Å²) in [7, 11) is 0. The molecule has 1 aliphatic heterocycles. The molecule has 1 N–H and O–H groups in total. The third-order valence-corrected chi connectivity index (χ3v) is 3.20. The second kappa shape index (κ2) is 3.57. The maximum absolute atomic E-state index is 3.55. The molecule has 1 heterocycles. The molecule has 0 spiro atoms. The van der Waals surface area contributed by atoms with Gasteiger partial charge >= 0.3 is 0 Å². The van der Waals surface area contributed by atoms with Crippen LogP contribution in [0.25, 0.3) is 0 Å². The van der Waals surface area contributed by atoms with E-state index in [1.54, 1.807) is 0 Å². The van der Waals surface area contributed by atoms with Crippen LogP contribution in [0.5, 0.6) is 0 Å². The third-order valence-electron chi connectivity index (χ3n) is 3.20. The van der Waals surface area contributed by atoms with Crippen LogP contribution in [0, 0.1) is 17.8 Å². The van der Waals surface area contributed by atoms with Gasteiger partial charge in [-0.3, -0.25) is 0 Å². The molecule has 1 heteroatoms. The van der Waals surface area contributed by atoms with Gasteiger partial charge in [-0.2, -0.15) is 0 Å². The molecular weight excluding hydrogens is 134 g/mol. The fraction of sp³-hybridized carbons (Fsp3) is 1.00. The van der Waals surface area contributed by atoms with Gasteiger partial charge in [0.2, 0.25) is 0 Å². The molecule has 0 aromatic carbocycles. The highest BCUT2D eigenvalue weighted by Gasteiger charge is 2.32. The zero-order chi connectivity index (χ0) is 8.43. The predicted octanol–water partition coefficient (Wildman–Crippen LogP) is 2.28. The molecule has 1 nitrogen and oxygen atoms in total. The maximum atomic E-state index is 3.55. The summed E-state index contributed by atoms with van der Waals surface area (Å²) in [6.07, 6.45) is 1.33. The molecule has 1 saturated heterocycles. The minimum absolute atomic E-state index is 0.743. The lowest BCUT2D eigenvalue weighted by atomic mass is 9.82. The summed E-state index contributed by atoms with van der Waals surface area (Å²) >= 11 is 0. The zero-order valence-corrected chi connectivity index (χ0v) is 8.22. The van der Waals surface area contributed by atoms with E-state index in [4.69, 9.17) is 0 Å². The first-order valence-electron chi connectivity index (χ1n) is 4.90. The van der Waals surface area contributed by atoms with Crippen molar-refractivity contribution in [2.24, 2.45) is 17.8 Å². The largest absolute Gasteiger partial charge is 0.314 e. The monoisotopic (exact) mass is 155 g/mol. The van der Waals surface area contributed by atoms with Crippen molar-refractivity contribution in [3.05, 3.63) is 0 Å². The summed E-state index contributed by atoms with van der Waals surface area (Å²) in [4.78, 5) is 0. The van der Waals surface area contributed by atoms with Crippen LogP contribution in [0.1, 0.15) is 34.1 Å². The summed E-state index contributed by atoms with van der Waals surface area (Å²) in [5.74, 6) is 2.67. The molecule has 11 heavy (non-hydrogen) atoms. The fourth-order valence-corrected chi connectivity index (χ4v) is 2.38. The second-order valence-corrected chi connectivity index (χ2v) is 4.18. The topological polar surface area (TPSA) is 12.0 Å². The second-order valence-electron chi connectivity index (χ2n) is 4.18. The highest BCUT2D eigenvalue weighted by Crippen LogP contribution is 2.30. The first kappa shape index (κ1) is 9.05. The molecule has 0 unspecified atom stereocenters. The minimum Gasteiger partial charge on any atom is -0.314 e. The normalized spacial score (nSPS) is 38.5. The van der Waals surface area contributed by atoms with Crippen molar-refractivity contribution < 1.29 is 0 Å².